The van der Waals surface area contributed by atoms with Gasteiger partial charge in [-0.2, -0.15) is 5.26 Å². The SMILES string of the molecule is CC1(C)CN(C(=O)[C@@H]2CN(C3=CCCC/C=C(\C#N)C=C3)C[C@H]2c2ccc(F)cc2F)CC[C@]1(O)c1ccccc1. The highest BCUT2D eigenvalue weighted by atomic mass is 19.1. The maximum Gasteiger partial charge on any atom is 0.228 e. The van der Waals surface area contributed by atoms with Gasteiger partial charge in [-0.05, 0) is 55.0 Å². The number of nitriles is 1. The van der Waals surface area contributed by atoms with Crippen LogP contribution in [0.4, 0.5) is 8.78 Å². The Morgan fingerprint density at radius 3 is 2.51 bits per heavy atom. The van der Waals surface area contributed by atoms with E-state index in [0.717, 1.165) is 36.6 Å². The number of hydrogen-bond donors (Lipinski definition) is 1. The number of likely N-dealkylation sites (tertiary alicyclic amines) is 2. The van der Waals surface area contributed by atoms with Crippen LogP contribution < -0.4 is 0 Å². The maximum atomic E-state index is 15.1. The fraction of sp³-hybridized carbons (Fsp3) is 0.412. The van der Waals surface area contributed by atoms with Gasteiger partial charge >= 0.3 is 0 Å². The molecule has 0 unspecified atom stereocenters. The van der Waals surface area contributed by atoms with E-state index in [1.807, 2.05) is 61.2 Å². The number of halogens is 2. The zero-order chi connectivity index (χ0) is 29.2. The van der Waals surface area contributed by atoms with E-state index in [4.69, 9.17) is 0 Å². The van der Waals surface area contributed by atoms with Crippen LogP contribution in [0.3, 0.4) is 0 Å². The Labute approximate surface area is 241 Å². The summed E-state index contributed by atoms with van der Waals surface area (Å²) >= 11 is 0. The lowest BCUT2D eigenvalue weighted by Crippen LogP contribution is -2.57. The smallest absolute Gasteiger partial charge is 0.228 e. The van der Waals surface area contributed by atoms with Crippen LogP contribution >= 0.6 is 0 Å². The molecule has 0 spiro atoms. The summed E-state index contributed by atoms with van der Waals surface area (Å²) in [6.45, 7) is 5.46. The summed E-state index contributed by atoms with van der Waals surface area (Å²) in [5.41, 5.74) is 0.934. The largest absolute Gasteiger partial charge is 0.384 e. The predicted octanol–water partition coefficient (Wildman–Crippen LogP) is 6.20. The number of carbonyl (C=O) groups excluding carboxylic acids is 1. The fourth-order valence-electron chi connectivity index (χ4n) is 6.63. The molecule has 41 heavy (non-hydrogen) atoms. The number of piperidine rings is 1. The summed E-state index contributed by atoms with van der Waals surface area (Å²) in [6, 6.07) is 15.4. The number of hydrogen-bond acceptors (Lipinski definition) is 4. The van der Waals surface area contributed by atoms with E-state index >= 15 is 4.39 Å². The third-order valence-electron chi connectivity index (χ3n) is 9.07. The van der Waals surface area contributed by atoms with Gasteiger partial charge in [0.25, 0.3) is 0 Å². The molecular weight excluding hydrogens is 520 g/mol. The molecule has 3 aliphatic rings. The van der Waals surface area contributed by atoms with Crippen molar-refractivity contribution in [1.29, 1.82) is 5.26 Å². The van der Waals surface area contributed by atoms with Gasteiger partial charge in [0.2, 0.25) is 5.91 Å². The van der Waals surface area contributed by atoms with Crippen molar-refractivity contribution in [2.45, 2.75) is 51.0 Å². The third-order valence-corrected chi connectivity index (χ3v) is 9.07. The molecule has 0 radical (unpaired) electrons. The summed E-state index contributed by atoms with van der Waals surface area (Å²) in [5.74, 6) is -2.43. The van der Waals surface area contributed by atoms with Crippen LogP contribution in [0.5, 0.6) is 0 Å². The van der Waals surface area contributed by atoms with Crippen molar-refractivity contribution in [2.24, 2.45) is 11.3 Å². The summed E-state index contributed by atoms with van der Waals surface area (Å²) in [7, 11) is 0. The highest BCUT2D eigenvalue weighted by Gasteiger charge is 2.51. The van der Waals surface area contributed by atoms with E-state index in [9.17, 15) is 19.6 Å². The number of amides is 1. The lowest BCUT2D eigenvalue weighted by molar-refractivity contribution is -0.156. The van der Waals surface area contributed by atoms with Crippen LogP contribution in [0.15, 0.2) is 84.1 Å². The van der Waals surface area contributed by atoms with Gasteiger partial charge in [0, 0.05) is 54.8 Å². The van der Waals surface area contributed by atoms with Crippen molar-refractivity contribution in [3.63, 3.8) is 0 Å². The van der Waals surface area contributed by atoms with Gasteiger partial charge in [-0.3, -0.25) is 4.79 Å². The molecule has 7 heteroatoms. The normalized spacial score (nSPS) is 27.6. The van der Waals surface area contributed by atoms with Gasteiger partial charge in [-0.15, -0.1) is 0 Å². The van der Waals surface area contributed by atoms with Crippen molar-refractivity contribution in [3.05, 3.63) is 107 Å². The standard InChI is InChI=1S/C34H37F2N3O2/c1-33(2)23-38(18-17-34(33,41)25-10-6-4-7-11-25)32(40)30-22-39(21-29(30)28-16-14-26(35)19-31(28)36)27-12-8-3-5-9-24(20-37)13-15-27/h4,6-7,9-16,19,29-30,41H,3,5,8,17-18,21-23H2,1-2H3/b15-13?,24-9-,27-12?/t29-,30+,34-/m0/s1. The molecule has 1 aliphatic carbocycles. The van der Waals surface area contributed by atoms with Crippen LogP contribution in [-0.2, 0) is 10.4 Å². The fourth-order valence-corrected chi connectivity index (χ4v) is 6.63. The lowest BCUT2D eigenvalue weighted by Gasteiger charge is -2.51. The first kappa shape index (κ1) is 28.8. The second-order valence-corrected chi connectivity index (χ2v) is 12.1. The van der Waals surface area contributed by atoms with E-state index in [1.54, 1.807) is 6.08 Å². The summed E-state index contributed by atoms with van der Waals surface area (Å²) in [6.07, 6.45) is 10.6. The second-order valence-electron chi connectivity index (χ2n) is 12.1. The lowest BCUT2D eigenvalue weighted by atomic mass is 9.66. The van der Waals surface area contributed by atoms with Gasteiger partial charge < -0.3 is 14.9 Å². The predicted molar refractivity (Wildman–Crippen MR) is 154 cm³/mol. The maximum absolute atomic E-state index is 15.1. The Morgan fingerprint density at radius 1 is 1.05 bits per heavy atom. The molecule has 2 fully saturated rings. The van der Waals surface area contributed by atoms with E-state index in [-0.39, 0.29) is 5.91 Å². The van der Waals surface area contributed by atoms with Crippen molar-refractivity contribution in [3.8, 4) is 6.07 Å². The molecule has 5 rings (SSSR count). The van der Waals surface area contributed by atoms with Gasteiger partial charge in [-0.1, -0.05) is 62.4 Å². The first-order chi connectivity index (χ1) is 19.6. The second kappa shape index (κ2) is 11.6. The van der Waals surface area contributed by atoms with Crippen molar-refractivity contribution < 1.29 is 18.7 Å². The number of nitrogens with zero attached hydrogens (tertiary/aromatic N) is 3. The van der Waals surface area contributed by atoms with Crippen LogP contribution in [0.1, 0.15) is 56.6 Å². The number of allylic oxidation sites excluding steroid dienone is 5. The molecule has 3 atom stereocenters. The summed E-state index contributed by atoms with van der Waals surface area (Å²) in [4.78, 5) is 18.1. The minimum Gasteiger partial charge on any atom is -0.384 e. The van der Waals surface area contributed by atoms with Crippen molar-refractivity contribution >= 4 is 5.91 Å². The zero-order valence-electron chi connectivity index (χ0n) is 23.7. The molecule has 2 aliphatic heterocycles. The Balaban J connectivity index is 1.44. The topological polar surface area (TPSA) is 67.6 Å². The molecule has 2 aromatic rings. The average Bonchev–Trinajstić information content (AvgIpc) is 3.43. The number of aliphatic hydroxyl groups is 1. The number of rotatable bonds is 4. The van der Waals surface area contributed by atoms with Crippen LogP contribution in [0.25, 0.3) is 0 Å². The Bertz CT molecular complexity index is 1430. The molecule has 0 saturated carbocycles. The first-order valence-electron chi connectivity index (χ1n) is 14.4. The average molecular weight is 558 g/mol. The highest BCUT2D eigenvalue weighted by molar-refractivity contribution is 5.81. The Kier molecular flexibility index (Phi) is 8.15. The number of carbonyl (C=O) groups is 1. The number of benzene rings is 2. The van der Waals surface area contributed by atoms with E-state index in [0.29, 0.717) is 43.7 Å². The summed E-state index contributed by atoms with van der Waals surface area (Å²) in [5, 5.41) is 21.2. The quantitative estimate of drug-likeness (QED) is 0.486. The minimum absolute atomic E-state index is 0.0883. The van der Waals surface area contributed by atoms with Gasteiger partial charge in [0.05, 0.1) is 17.6 Å². The van der Waals surface area contributed by atoms with Crippen LogP contribution in [0.2, 0.25) is 0 Å². The Hall–Kier alpha value is -3.76. The molecule has 0 aromatic heterocycles. The first-order valence-corrected chi connectivity index (χ1v) is 14.4. The van der Waals surface area contributed by atoms with Gasteiger partial charge in [-0.25, -0.2) is 8.78 Å². The van der Waals surface area contributed by atoms with Gasteiger partial charge in [0.1, 0.15) is 11.6 Å². The highest BCUT2D eigenvalue weighted by Crippen LogP contribution is 2.47. The van der Waals surface area contributed by atoms with Crippen molar-refractivity contribution in [1.82, 2.24) is 9.80 Å². The molecule has 0 bridgehead atoms. The van der Waals surface area contributed by atoms with Gasteiger partial charge in [0.15, 0.2) is 0 Å². The zero-order valence-corrected chi connectivity index (χ0v) is 23.7. The molecule has 2 saturated heterocycles. The van der Waals surface area contributed by atoms with E-state index in [1.165, 1.54) is 12.1 Å². The Morgan fingerprint density at radius 2 is 1.80 bits per heavy atom. The molecular formula is C34H37F2N3O2. The van der Waals surface area contributed by atoms with Crippen molar-refractivity contribution in [2.75, 3.05) is 26.2 Å². The molecule has 1 N–H and O–H groups in total. The monoisotopic (exact) mass is 557 g/mol. The summed E-state index contributed by atoms with van der Waals surface area (Å²) < 4.78 is 29.0. The molecule has 1 amide bonds. The third kappa shape index (κ3) is 5.71. The molecule has 214 valence electrons. The minimum atomic E-state index is -1.09. The molecule has 2 aromatic carbocycles. The molecule has 5 nitrogen and oxygen atoms in total. The van der Waals surface area contributed by atoms with Crippen LogP contribution in [-0.4, -0.2) is 47.0 Å². The van der Waals surface area contributed by atoms with E-state index in [2.05, 4.69) is 17.0 Å². The van der Waals surface area contributed by atoms with Crippen LogP contribution in [0, 0.1) is 34.3 Å². The molecule has 2 heterocycles. The van der Waals surface area contributed by atoms with E-state index < -0.39 is 34.5 Å².